The average molecular weight is 186 g/mol. The van der Waals surface area contributed by atoms with E-state index in [1.807, 2.05) is 6.92 Å². The molecule has 0 radical (unpaired) electrons. The van der Waals surface area contributed by atoms with E-state index in [9.17, 15) is 5.11 Å². The zero-order valence-corrected chi connectivity index (χ0v) is 8.88. The molecule has 2 heteroatoms. The van der Waals surface area contributed by atoms with Crippen LogP contribution in [0.1, 0.15) is 45.4 Å². The summed E-state index contributed by atoms with van der Waals surface area (Å²) < 4.78 is 5.01. The monoisotopic (exact) mass is 186 g/mol. The van der Waals surface area contributed by atoms with E-state index in [-0.39, 0.29) is 0 Å². The largest absolute Gasteiger partial charge is 0.390 e. The van der Waals surface area contributed by atoms with Gasteiger partial charge in [0.1, 0.15) is 0 Å². The SMILES string of the molecule is COCCC(C)(O)C1CCCCC1. The molecule has 1 N–H and O–H groups in total. The Morgan fingerprint density at radius 2 is 1.92 bits per heavy atom. The predicted octanol–water partition coefficient (Wildman–Crippen LogP) is 2.35. The number of methoxy groups -OCH3 is 1. The summed E-state index contributed by atoms with van der Waals surface area (Å²) >= 11 is 0. The van der Waals surface area contributed by atoms with Crippen molar-refractivity contribution in [3.63, 3.8) is 0 Å². The fourth-order valence-corrected chi connectivity index (χ4v) is 2.24. The van der Waals surface area contributed by atoms with Gasteiger partial charge in [-0.1, -0.05) is 19.3 Å². The van der Waals surface area contributed by atoms with Crippen LogP contribution >= 0.6 is 0 Å². The summed E-state index contributed by atoms with van der Waals surface area (Å²) in [7, 11) is 1.69. The molecule has 0 aromatic heterocycles. The number of ether oxygens (including phenoxy) is 1. The summed E-state index contributed by atoms with van der Waals surface area (Å²) in [5.41, 5.74) is -0.504. The van der Waals surface area contributed by atoms with Crippen LogP contribution in [0.5, 0.6) is 0 Å². The summed E-state index contributed by atoms with van der Waals surface area (Å²) in [4.78, 5) is 0. The molecule has 0 bridgehead atoms. The highest BCUT2D eigenvalue weighted by Crippen LogP contribution is 2.34. The normalized spacial score (nSPS) is 24.2. The van der Waals surface area contributed by atoms with Crippen LogP contribution in [0.2, 0.25) is 0 Å². The van der Waals surface area contributed by atoms with E-state index in [1.165, 1.54) is 32.1 Å². The maximum atomic E-state index is 10.2. The maximum Gasteiger partial charge on any atom is 0.0669 e. The van der Waals surface area contributed by atoms with Gasteiger partial charge >= 0.3 is 0 Å². The van der Waals surface area contributed by atoms with Crippen molar-refractivity contribution in [3.8, 4) is 0 Å². The average Bonchev–Trinajstić information content (AvgIpc) is 2.16. The number of rotatable bonds is 4. The zero-order chi connectivity index (χ0) is 9.73. The van der Waals surface area contributed by atoms with Crippen molar-refractivity contribution in [3.05, 3.63) is 0 Å². The van der Waals surface area contributed by atoms with Crippen molar-refractivity contribution in [1.29, 1.82) is 0 Å². The quantitative estimate of drug-likeness (QED) is 0.730. The van der Waals surface area contributed by atoms with Gasteiger partial charge in [-0.05, 0) is 32.1 Å². The van der Waals surface area contributed by atoms with Gasteiger partial charge in [0.25, 0.3) is 0 Å². The highest BCUT2D eigenvalue weighted by atomic mass is 16.5. The fourth-order valence-electron chi connectivity index (χ4n) is 2.24. The molecule has 2 nitrogen and oxygen atoms in total. The first kappa shape index (κ1) is 11.0. The van der Waals surface area contributed by atoms with Crippen LogP contribution in [-0.4, -0.2) is 24.4 Å². The standard InChI is InChI=1S/C11H22O2/c1-11(12,8-9-13-2)10-6-4-3-5-7-10/h10,12H,3-9H2,1-2H3. The van der Waals surface area contributed by atoms with Crippen molar-refractivity contribution in [2.45, 2.75) is 51.0 Å². The Kier molecular flexibility index (Phi) is 4.20. The van der Waals surface area contributed by atoms with Gasteiger partial charge < -0.3 is 9.84 Å². The van der Waals surface area contributed by atoms with Crippen LogP contribution in [0.3, 0.4) is 0 Å². The lowest BCUT2D eigenvalue weighted by Gasteiger charge is -2.35. The van der Waals surface area contributed by atoms with Crippen molar-refractivity contribution in [2.75, 3.05) is 13.7 Å². The molecule has 0 saturated heterocycles. The van der Waals surface area contributed by atoms with Gasteiger partial charge in [0, 0.05) is 13.7 Å². The van der Waals surface area contributed by atoms with Crippen LogP contribution in [0.15, 0.2) is 0 Å². The second kappa shape index (κ2) is 4.97. The first-order valence-electron chi connectivity index (χ1n) is 5.38. The van der Waals surface area contributed by atoms with Crippen molar-refractivity contribution >= 4 is 0 Å². The second-order valence-corrected chi connectivity index (χ2v) is 4.43. The molecule has 1 rings (SSSR count). The van der Waals surface area contributed by atoms with Crippen LogP contribution in [0.25, 0.3) is 0 Å². The number of hydrogen-bond acceptors (Lipinski definition) is 2. The maximum absolute atomic E-state index is 10.2. The minimum atomic E-state index is -0.504. The Bertz CT molecular complexity index is 137. The predicted molar refractivity (Wildman–Crippen MR) is 53.7 cm³/mol. The third-order valence-corrected chi connectivity index (χ3v) is 3.30. The van der Waals surface area contributed by atoms with E-state index in [4.69, 9.17) is 4.74 Å². The summed E-state index contributed by atoms with van der Waals surface area (Å²) in [6.45, 7) is 2.63. The summed E-state index contributed by atoms with van der Waals surface area (Å²) in [5.74, 6) is 0.497. The van der Waals surface area contributed by atoms with Crippen LogP contribution in [0, 0.1) is 5.92 Å². The molecule has 1 unspecified atom stereocenters. The molecule has 0 amide bonds. The summed E-state index contributed by atoms with van der Waals surface area (Å²) in [6.07, 6.45) is 7.07. The molecule has 1 fully saturated rings. The highest BCUT2D eigenvalue weighted by Gasteiger charge is 2.32. The van der Waals surface area contributed by atoms with E-state index in [1.54, 1.807) is 7.11 Å². The lowest BCUT2D eigenvalue weighted by molar-refractivity contribution is -0.0385. The summed E-state index contributed by atoms with van der Waals surface area (Å²) in [5, 5.41) is 10.2. The lowest BCUT2D eigenvalue weighted by Crippen LogP contribution is -2.36. The fraction of sp³-hybridized carbons (Fsp3) is 1.00. The molecule has 0 aromatic rings. The van der Waals surface area contributed by atoms with Gasteiger partial charge in [0.15, 0.2) is 0 Å². The smallest absolute Gasteiger partial charge is 0.0669 e. The molecule has 0 heterocycles. The third kappa shape index (κ3) is 3.28. The van der Waals surface area contributed by atoms with Gasteiger partial charge in [-0.3, -0.25) is 0 Å². The van der Waals surface area contributed by atoms with E-state index < -0.39 is 5.60 Å². The highest BCUT2D eigenvalue weighted by molar-refractivity contribution is 4.83. The molecule has 1 aliphatic carbocycles. The van der Waals surface area contributed by atoms with Gasteiger partial charge in [0.05, 0.1) is 5.60 Å². The first-order valence-corrected chi connectivity index (χ1v) is 5.38. The molecule has 1 atom stereocenters. The van der Waals surface area contributed by atoms with Crippen LogP contribution in [0.4, 0.5) is 0 Å². The van der Waals surface area contributed by atoms with Crippen molar-refractivity contribution in [2.24, 2.45) is 5.92 Å². The zero-order valence-electron chi connectivity index (χ0n) is 8.88. The van der Waals surface area contributed by atoms with Crippen LogP contribution < -0.4 is 0 Å². The molecule has 1 saturated carbocycles. The van der Waals surface area contributed by atoms with Gasteiger partial charge in [-0.2, -0.15) is 0 Å². The molecular formula is C11H22O2. The Morgan fingerprint density at radius 3 is 2.46 bits per heavy atom. The van der Waals surface area contributed by atoms with E-state index in [2.05, 4.69) is 0 Å². The minimum Gasteiger partial charge on any atom is -0.390 e. The third-order valence-electron chi connectivity index (χ3n) is 3.30. The Hall–Kier alpha value is -0.0800. The van der Waals surface area contributed by atoms with Gasteiger partial charge in [-0.15, -0.1) is 0 Å². The number of aliphatic hydroxyl groups is 1. The minimum absolute atomic E-state index is 0.497. The lowest BCUT2D eigenvalue weighted by atomic mass is 9.76. The van der Waals surface area contributed by atoms with Crippen molar-refractivity contribution in [1.82, 2.24) is 0 Å². The summed E-state index contributed by atoms with van der Waals surface area (Å²) in [6, 6.07) is 0. The van der Waals surface area contributed by atoms with Gasteiger partial charge in [0.2, 0.25) is 0 Å². The topological polar surface area (TPSA) is 29.5 Å². The molecule has 0 spiro atoms. The molecule has 78 valence electrons. The first-order chi connectivity index (χ1) is 6.17. The van der Waals surface area contributed by atoms with Gasteiger partial charge in [-0.25, -0.2) is 0 Å². The molecule has 1 aliphatic rings. The molecule has 0 aromatic carbocycles. The van der Waals surface area contributed by atoms with E-state index in [0.29, 0.717) is 12.5 Å². The Morgan fingerprint density at radius 1 is 1.31 bits per heavy atom. The molecule has 13 heavy (non-hydrogen) atoms. The Labute approximate surface area is 81.3 Å². The second-order valence-electron chi connectivity index (χ2n) is 4.43. The number of hydrogen-bond donors (Lipinski definition) is 1. The van der Waals surface area contributed by atoms with Crippen LogP contribution in [-0.2, 0) is 4.74 Å². The van der Waals surface area contributed by atoms with E-state index in [0.717, 1.165) is 6.42 Å². The van der Waals surface area contributed by atoms with Crippen molar-refractivity contribution < 1.29 is 9.84 Å². The molecule has 0 aliphatic heterocycles. The van der Waals surface area contributed by atoms with E-state index >= 15 is 0 Å². The Balaban J connectivity index is 2.36. The molecular weight excluding hydrogens is 164 g/mol.